The van der Waals surface area contributed by atoms with E-state index in [1.165, 1.54) is 7.11 Å². The Morgan fingerprint density at radius 2 is 2.20 bits per heavy atom. The number of hydrogen-bond acceptors (Lipinski definition) is 3. The maximum atomic E-state index is 11.9. The Bertz CT molecular complexity index is 323. The molecule has 3 unspecified atom stereocenters. The van der Waals surface area contributed by atoms with Gasteiger partial charge in [0.2, 0.25) is 0 Å². The summed E-state index contributed by atoms with van der Waals surface area (Å²) >= 11 is 0. The highest BCUT2D eigenvalue weighted by Crippen LogP contribution is 2.65. The molecule has 0 heterocycles. The minimum absolute atomic E-state index is 0.169. The Balaban J connectivity index is 2.29. The molecule has 2 bridgehead atoms. The second-order valence-corrected chi connectivity index (χ2v) is 5.37. The van der Waals surface area contributed by atoms with Gasteiger partial charge in [0.05, 0.1) is 13.5 Å². The molecule has 0 aromatic carbocycles. The van der Waals surface area contributed by atoms with Crippen molar-refractivity contribution >= 4 is 11.8 Å². The van der Waals surface area contributed by atoms with Crippen LogP contribution in [-0.4, -0.2) is 18.9 Å². The van der Waals surface area contributed by atoms with E-state index in [2.05, 4.69) is 6.92 Å². The zero-order chi connectivity index (χ0) is 11.3. The highest BCUT2D eigenvalue weighted by Gasteiger charge is 2.64. The molecule has 0 aromatic heterocycles. The Hall–Kier alpha value is -0.860. The third-order valence-electron chi connectivity index (χ3n) is 4.94. The molecule has 2 saturated carbocycles. The van der Waals surface area contributed by atoms with Crippen LogP contribution in [0.15, 0.2) is 0 Å². The van der Waals surface area contributed by atoms with Crippen molar-refractivity contribution in [2.45, 2.75) is 39.5 Å². The molecule has 3 atom stereocenters. The van der Waals surface area contributed by atoms with Gasteiger partial charge in [0.15, 0.2) is 0 Å². The summed E-state index contributed by atoms with van der Waals surface area (Å²) < 4.78 is 4.73. The summed E-state index contributed by atoms with van der Waals surface area (Å²) in [5.41, 5.74) is -0.455. The molecule has 0 aromatic rings. The van der Waals surface area contributed by atoms with Crippen LogP contribution in [0.4, 0.5) is 0 Å². The van der Waals surface area contributed by atoms with Crippen LogP contribution < -0.4 is 0 Å². The molecule has 0 spiro atoms. The number of methoxy groups -OCH3 is 1. The zero-order valence-electron chi connectivity index (χ0n) is 9.63. The van der Waals surface area contributed by atoms with Crippen LogP contribution in [0.2, 0.25) is 0 Å². The Labute approximate surface area is 90.2 Å². The topological polar surface area (TPSA) is 43.4 Å². The van der Waals surface area contributed by atoms with Crippen molar-refractivity contribution in [3.63, 3.8) is 0 Å². The third-order valence-corrected chi connectivity index (χ3v) is 4.94. The first-order valence-corrected chi connectivity index (χ1v) is 5.54. The minimum atomic E-state index is -0.286. The van der Waals surface area contributed by atoms with E-state index in [4.69, 9.17) is 4.74 Å². The summed E-state index contributed by atoms with van der Waals surface area (Å²) in [7, 11) is 1.41. The van der Waals surface area contributed by atoms with Crippen LogP contribution in [0.5, 0.6) is 0 Å². The van der Waals surface area contributed by atoms with E-state index in [0.717, 1.165) is 12.8 Å². The standard InChI is InChI=1S/C12H18O3/c1-11-5-4-8(6-9(11)13)12(11,2)7-10(14)15-3/h8H,4-7H2,1-3H3. The first-order chi connectivity index (χ1) is 6.94. The van der Waals surface area contributed by atoms with Crippen molar-refractivity contribution in [1.29, 1.82) is 0 Å². The molecule has 0 radical (unpaired) electrons. The quantitative estimate of drug-likeness (QED) is 0.654. The number of Topliss-reactive ketones (excluding diaryl/α,β-unsaturated/α-hetero) is 1. The van der Waals surface area contributed by atoms with Gasteiger partial charge in [0, 0.05) is 11.8 Å². The number of esters is 1. The van der Waals surface area contributed by atoms with Gasteiger partial charge in [-0.1, -0.05) is 13.8 Å². The van der Waals surface area contributed by atoms with Crippen LogP contribution in [0, 0.1) is 16.7 Å². The largest absolute Gasteiger partial charge is 0.469 e. The molecule has 15 heavy (non-hydrogen) atoms. The van der Waals surface area contributed by atoms with Gasteiger partial charge in [-0.3, -0.25) is 9.59 Å². The number of hydrogen-bond donors (Lipinski definition) is 0. The van der Waals surface area contributed by atoms with Gasteiger partial charge in [-0.25, -0.2) is 0 Å². The molecule has 2 aliphatic carbocycles. The number of rotatable bonds is 2. The molecule has 2 aliphatic rings. The predicted octanol–water partition coefficient (Wildman–Crippen LogP) is 1.94. The zero-order valence-corrected chi connectivity index (χ0v) is 9.63. The average molecular weight is 210 g/mol. The van der Waals surface area contributed by atoms with E-state index in [9.17, 15) is 9.59 Å². The second-order valence-electron chi connectivity index (χ2n) is 5.37. The van der Waals surface area contributed by atoms with Crippen molar-refractivity contribution in [1.82, 2.24) is 0 Å². The molecular weight excluding hydrogens is 192 g/mol. The fourth-order valence-electron chi connectivity index (χ4n) is 3.46. The molecule has 0 N–H and O–H groups in total. The Morgan fingerprint density at radius 3 is 2.60 bits per heavy atom. The average Bonchev–Trinajstić information content (AvgIpc) is 2.52. The molecule has 84 valence electrons. The maximum absolute atomic E-state index is 11.9. The number of ether oxygens (including phenoxy) is 1. The first-order valence-electron chi connectivity index (χ1n) is 5.54. The van der Waals surface area contributed by atoms with Crippen molar-refractivity contribution < 1.29 is 14.3 Å². The van der Waals surface area contributed by atoms with Gasteiger partial charge >= 0.3 is 5.97 Å². The molecular formula is C12H18O3. The summed E-state index contributed by atoms with van der Waals surface area (Å²) in [6.07, 6.45) is 3.06. The molecule has 0 amide bonds. The lowest BCUT2D eigenvalue weighted by molar-refractivity contribution is -0.145. The van der Waals surface area contributed by atoms with Crippen molar-refractivity contribution in [3.05, 3.63) is 0 Å². The summed E-state index contributed by atoms with van der Waals surface area (Å²) in [5, 5.41) is 0. The van der Waals surface area contributed by atoms with E-state index in [0.29, 0.717) is 24.5 Å². The number of fused-ring (bicyclic) bond motifs is 2. The van der Waals surface area contributed by atoms with E-state index in [-0.39, 0.29) is 16.8 Å². The van der Waals surface area contributed by atoms with Crippen LogP contribution >= 0.6 is 0 Å². The smallest absolute Gasteiger partial charge is 0.306 e. The fourth-order valence-corrected chi connectivity index (χ4v) is 3.46. The highest BCUT2D eigenvalue weighted by molar-refractivity contribution is 5.90. The predicted molar refractivity (Wildman–Crippen MR) is 55.2 cm³/mol. The lowest BCUT2D eigenvalue weighted by Gasteiger charge is -2.35. The molecule has 0 aliphatic heterocycles. The summed E-state index contributed by atoms with van der Waals surface area (Å²) in [5.74, 6) is 0.532. The van der Waals surface area contributed by atoms with Gasteiger partial charge in [0.1, 0.15) is 5.78 Å². The van der Waals surface area contributed by atoms with Crippen LogP contribution in [0.3, 0.4) is 0 Å². The number of ketones is 1. The third kappa shape index (κ3) is 1.18. The normalized spacial score (nSPS) is 43.4. The van der Waals surface area contributed by atoms with Crippen molar-refractivity contribution in [2.24, 2.45) is 16.7 Å². The van der Waals surface area contributed by atoms with Gasteiger partial charge in [0.25, 0.3) is 0 Å². The van der Waals surface area contributed by atoms with E-state index in [1.54, 1.807) is 0 Å². The van der Waals surface area contributed by atoms with Gasteiger partial charge in [-0.05, 0) is 24.2 Å². The second kappa shape index (κ2) is 3.06. The Kier molecular flexibility index (Phi) is 2.18. The lowest BCUT2D eigenvalue weighted by Crippen LogP contribution is -2.37. The summed E-state index contributed by atoms with van der Waals surface area (Å²) in [6.45, 7) is 4.10. The number of carbonyl (C=O) groups is 2. The van der Waals surface area contributed by atoms with E-state index < -0.39 is 0 Å². The summed E-state index contributed by atoms with van der Waals surface area (Å²) in [4.78, 5) is 23.3. The molecule has 2 rings (SSSR count). The maximum Gasteiger partial charge on any atom is 0.306 e. The van der Waals surface area contributed by atoms with Gasteiger partial charge in [-0.15, -0.1) is 0 Å². The minimum Gasteiger partial charge on any atom is -0.469 e. The van der Waals surface area contributed by atoms with Crippen LogP contribution in [-0.2, 0) is 14.3 Å². The van der Waals surface area contributed by atoms with Crippen LogP contribution in [0.25, 0.3) is 0 Å². The van der Waals surface area contributed by atoms with Gasteiger partial charge in [-0.2, -0.15) is 0 Å². The molecule has 3 heteroatoms. The highest BCUT2D eigenvalue weighted by atomic mass is 16.5. The molecule has 3 nitrogen and oxygen atoms in total. The molecule has 2 fully saturated rings. The van der Waals surface area contributed by atoms with Crippen LogP contribution in [0.1, 0.15) is 39.5 Å². The first kappa shape index (κ1) is 10.7. The van der Waals surface area contributed by atoms with E-state index in [1.807, 2.05) is 6.92 Å². The molecule has 0 saturated heterocycles. The summed E-state index contributed by atoms with van der Waals surface area (Å²) in [6, 6.07) is 0. The SMILES string of the molecule is COC(=O)CC1(C)C2CCC1(C)C(=O)C2. The van der Waals surface area contributed by atoms with Gasteiger partial charge < -0.3 is 4.74 Å². The van der Waals surface area contributed by atoms with E-state index >= 15 is 0 Å². The van der Waals surface area contributed by atoms with Crippen molar-refractivity contribution in [3.8, 4) is 0 Å². The Morgan fingerprint density at radius 1 is 1.53 bits per heavy atom. The number of carbonyl (C=O) groups excluding carboxylic acids is 2. The fraction of sp³-hybridized carbons (Fsp3) is 0.833. The monoisotopic (exact) mass is 210 g/mol. The lowest BCUT2D eigenvalue weighted by atomic mass is 9.67. The van der Waals surface area contributed by atoms with Crippen molar-refractivity contribution in [2.75, 3.05) is 7.11 Å².